The van der Waals surface area contributed by atoms with E-state index in [-0.39, 0.29) is 31.1 Å². The molecule has 0 spiro atoms. The van der Waals surface area contributed by atoms with Crippen LogP contribution in [0.4, 0.5) is 0 Å². The summed E-state index contributed by atoms with van der Waals surface area (Å²) in [6.45, 7) is 9.09. The highest BCUT2D eigenvalue weighted by atomic mass is 16.6. The fourth-order valence-corrected chi connectivity index (χ4v) is 8.72. The van der Waals surface area contributed by atoms with E-state index in [4.69, 9.17) is 14.2 Å². The molecule has 0 aliphatic carbocycles. The monoisotopic (exact) mass is 891 g/mol. The topological polar surface area (TPSA) is 78.9 Å². The summed E-state index contributed by atoms with van der Waals surface area (Å²) in [4.78, 5) is 38.1. The van der Waals surface area contributed by atoms with Crippen LogP contribution in [0.15, 0.2) is 0 Å². The largest absolute Gasteiger partial charge is 0.462 e. The molecule has 0 heterocycles. The van der Waals surface area contributed by atoms with Crippen LogP contribution in [0.1, 0.15) is 323 Å². The second-order valence-corrected chi connectivity index (χ2v) is 19.8. The van der Waals surface area contributed by atoms with Crippen molar-refractivity contribution in [3.63, 3.8) is 0 Å². The first kappa shape index (κ1) is 61.4. The first-order valence-corrected chi connectivity index (χ1v) is 28.4. The Morgan fingerprint density at radius 1 is 0.317 bits per heavy atom. The summed E-state index contributed by atoms with van der Waals surface area (Å²) in [7, 11) is 0. The molecule has 0 bridgehead atoms. The lowest BCUT2D eigenvalue weighted by molar-refractivity contribution is -0.167. The minimum atomic E-state index is -0.761. The number of unbranched alkanes of at least 4 members (excludes halogenated alkanes) is 38. The van der Waals surface area contributed by atoms with Gasteiger partial charge in [0.25, 0.3) is 0 Å². The van der Waals surface area contributed by atoms with E-state index in [1.54, 1.807) is 0 Å². The molecule has 0 aliphatic heterocycles. The Hall–Kier alpha value is -1.59. The second-order valence-electron chi connectivity index (χ2n) is 19.8. The lowest BCUT2D eigenvalue weighted by Crippen LogP contribution is -2.30. The molecule has 0 rings (SSSR count). The summed E-state index contributed by atoms with van der Waals surface area (Å²) in [6, 6.07) is 0. The zero-order valence-corrected chi connectivity index (χ0v) is 43.0. The molecular formula is C57H110O6. The molecule has 0 N–H and O–H groups in total. The third-order valence-electron chi connectivity index (χ3n) is 13.4. The summed E-state index contributed by atoms with van der Waals surface area (Å²) in [6.07, 6.45) is 55.1. The van der Waals surface area contributed by atoms with Crippen LogP contribution in [0.25, 0.3) is 0 Å². The van der Waals surface area contributed by atoms with Gasteiger partial charge in [0.05, 0.1) is 0 Å². The van der Waals surface area contributed by atoms with Gasteiger partial charge in [-0.25, -0.2) is 0 Å². The van der Waals surface area contributed by atoms with Gasteiger partial charge in [-0.1, -0.05) is 285 Å². The van der Waals surface area contributed by atoms with Crippen molar-refractivity contribution in [1.82, 2.24) is 0 Å². The molecule has 6 heteroatoms. The summed E-state index contributed by atoms with van der Waals surface area (Å²) < 4.78 is 16.9. The van der Waals surface area contributed by atoms with Crippen molar-refractivity contribution in [2.24, 2.45) is 5.92 Å². The summed E-state index contributed by atoms with van der Waals surface area (Å²) >= 11 is 0. The van der Waals surface area contributed by atoms with Crippen LogP contribution in [-0.2, 0) is 28.6 Å². The average Bonchev–Trinajstić information content (AvgIpc) is 3.28. The van der Waals surface area contributed by atoms with Gasteiger partial charge >= 0.3 is 17.9 Å². The molecule has 0 aromatic rings. The molecule has 6 nitrogen and oxygen atoms in total. The second kappa shape index (κ2) is 51.4. The van der Waals surface area contributed by atoms with E-state index >= 15 is 0 Å². The smallest absolute Gasteiger partial charge is 0.306 e. The van der Waals surface area contributed by atoms with Crippen molar-refractivity contribution in [2.75, 3.05) is 13.2 Å². The van der Waals surface area contributed by atoms with Gasteiger partial charge in [-0.3, -0.25) is 14.4 Å². The van der Waals surface area contributed by atoms with Gasteiger partial charge in [-0.15, -0.1) is 0 Å². The molecule has 0 saturated carbocycles. The summed E-state index contributed by atoms with van der Waals surface area (Å²) in [5, 5.41) is 0. The molecule has 2 atom stereocenters. The molecule has 0 aromatic carbocycles. The Labute approximate surface area is 393 Å². The Bertz CT molecular complexity index is 951. The van der Waals surface area contributed by atoms with Gasteiger partial charge in [0.2, 0.25) is 0 Å². The molecule has 0 saturated heterocycles. The molecule has 0 aliphatic rings. The van der Waals surface area contributed by atoms with Gasteiger partial charge in [0.1, 0.15) is 13.2 Å². The fourth-order valence-electron chi connectivity index (χ4n) is 8.72. The highest BCUT2D eigenvalue weighted by molar-refractivity contribution is 5.71. The summed E-state index contributed by atoms with van der Waals surface area (Å²) in [5.41, 5.74) is 0. The van der Waals surface area contributed by atoms with Crippen LogP contribution in [-0.4, -0.2) is 37.2 Å². The highest BCUT2D eigenvalue weighted by Gasteiger charge is 2.19. The Morgan fingerprint density at radius 3 is 0.825 bits per heavy atom. The normalized spacial score (nSPS) is 12.4. The van der Waals surface area contributed by atoms with E-state index in [0.717, 1.165) is 63.7 Å². The van der Waals surface area contributed by atoms with E-state index in [2.05, 4.69) is 27.7 Å². The van der Waals surface area contributed by atoms with Crippen LogP contribution >= 0.6 is 0 Å². The van der Waals surface area contributed by atoms with Crippen LogP contribution in [0.5, 0.6) is 0 Å². The predicted molar refractivity (Wildman–Crippen MR) is 270 cm³/mol. The number of hydrogen-bond donors (Lipinski definition) is 0. The highest BCUT2D eigenvalue weighted by Crippen LogP contribution is 2.18. The van der Waals surface area contributed by atoms with Crippen LogP contribution in [0.3, 0.4) is 0 Å². The van der Waals surface area contributed by atoms with E-state index in [0.29, 0.717) is 19.3 Å². The lowest BCUT2D eigenvalue weighted by atomic mass is 9.99. The predicted octanol–water partition coefficient (Wildman–Crippen LogP) is 18.6. The molecule has 374 valence electrons. The summed E-state index contributed by atoms with van der Waals surface area (Å²) in [5.74, 6) is 0.0594. The average molecular weight is 892 g/mol. The number of rotatable bonds is 52. The maximum Gasteiger partial charge on any atom is 0.306 e. The first-order valence-electron chi connectivity index (χ1n) is 28.4. The fraction of sp³-hybridized carbons (Fsp3) is 0.947. The van der Waals surface area contributed by atoms with Gasteiger partial charge in [-0.2, -0.15) is 0 Å². The van der Waals surface area contributed by atoms with Crippen molar-refractivity contribution in [3.05, 3.63) is 0 Å². The molecule has 0 radical (unpaired) electrons. The first-order chi connectivity index (χ1) is 30.9. The Balaban J connectivity index is 4.28. The minimum absolute atomic E-state index is 0.0619. The molecule has 0 amide bonds. The number of esters is 3. The molecular weight excluding hydrogens is 781 g/mol. The van der Waals surface area contributed by atoms with Crippen molar-refractivity contribution in [3.8, 4) is 0 Å². The number of carbonyl (C=O) groups is 3. The van der Waals surface area contributed by atoms with Crippen LogP contribution < -0.4 is 0 Å². The molecule has 0 aromatic heterocycles. The number of hydrogen-bond acceptors (Lipinski definition) is 6. The maximum atomic E-state index is 12.8. The van der Waals surface area contributed by atoms with Crippen LogP contribution in [0.2, 0.25) is 0 Å². The van der Waals surface area contributed by atoms with E-state index in [9.17, 15) is 14.4 Å². The minimum Gasteiger partial charge on any atom is -0.462 e. The van der Waals surface area contributed by atoms with Gasteiger partial charge in [-0.05, 0) is 25.2 Å². The molecule has 0 fully saturated rings. The van der Waals surface area contributed by atoms with E-state index in [1.165, 1.54) is 218 Å². The zero-order valence-electron chi connectivity index (χ0n) is 43.0. The zero-order chi connectivity index (χ0) is 45.9. The van der Waals surface area contributed by atoms with E-state index in [1.807, 2.05) is 0 Å². The van der Waals surface area contributed by atoms with Gasteiger partial charge in [0, 0.05) is 19.3 Å². The van der Waals surface area contributed by atoms with Crippen molar-refractivity contribution < 1.29 is 28.6 Å². The third kappa shape index (κ3) is 49.7. The van der Waals surface area contributed by atoms with Gasteiger partial charge < -0.3 is 14.2 Å². The lowest BCUT2D eigenvalue weighted by Gasteiger charge is -2.18. The standard InChI is InChI=1S/C57H110O6/c1-5-8-10-12-14-16-18-20-25-30-34-38-42-46-50-57(60)63-54(51-61-55(58)48-44-40-36-32-28-23-19-17-15-13-11-9-6-2)52-62-56(59)49-45-41-37-33-29-26-22-21-24-27-31-35-39-43-47-53(4)7-3/h53-54H,5-52H2,1-4H3/t53?,54-/m1/s1. The quantitative estimate of drug-likeness (QED) is 0.0344. The van der Waals surface area contributed by atoms with Crippen LogP contribution in [0, 0.1) is 5.92 Å². The number of carbonyl (C=O) groups excluding carboxylic acids is 3. The SMILES string of the molecule is CCCCCCCCCCCCCCCCC(=O)O[C@H](COC(=O)CCCCCCCCCCCCCCC)COC(=O)CCCCCCCCCCCCCCCCC(C)CC. The van der Waals surface area contributed by atoms with Crippen molar-refractivity contribution in [2.45, 2.75) is 329 Å². The number of ether oxygens (including phenoxy) is 3. The van der Waals surface area contributed by atoms with Gasteiger partial charge in [0.15, 0.2) is 6.10 Å². The third-order valence-corrected chi connectivity index (χ3v) is 13.4. The van der Waals surface area contributed by atoms with Crippen molar-refractivity contribution >= 4 is 17.9 Å². The van der Waals surface area contributed by atoms with E-state index < -0.39 is 6.10 Å². The Morgan fingerprint density at radius 2 is 0.556 bits per heavy atom. The van der Waals surface area contributed by atoms with Crippen molar-refractivity contribution in [1.29, 1.82) is 0 Å². The maximum absolute atomic E-state index is 12.8. The molecule has 63 heavy (non-hydrogen) atoms. The molecule has 1 unspecified atom stereocenters. The Kier molecular flexibility index (Phi) is 50.1.